The first-order valence-electron chi connectivity index (χ1n) is 9.28. The van der Waals surface area contributed by atoms with Crippen LogP contribution in [0.1, 0.15) is 11.3 Å². The first kappa shape index (κ1) is 17.9. The Hall–Kier alpha value is -3.19. The molecule has 0 saturated heterocycles. The maximum atomic E-state index is 12.7. The highest BCUT2D eigenvalue weighted by Crippen LogP contribution is 2.41. The van der Waals surface area contributed by atoms with Gasteiger partial charge in [0.05, 0.1) is 25.5 Å². The smallest absolute Gasteiger partial charge is 0.256 e. The zero-order valence-corrected chi connectivity index (χ0v) is 16.9. The number of aromatic nitrogens is 2. The Kier molecular flexibility index (Phi) is 4.32. The third-order valence-corrected chi connectivity index (χ3v) is 6.13. The molecule has 2 aromatic carbocycles. The van der Waals surface area contributed by atoms with Crippen LogP contribution >= 0.6 is 11.8 Å². The number of hydrogen-bond donors (Lipinski definition) is 1. The lowest BCUT2D eigenvalue weighted by atomic mass is 10.0. The third kappa shape index (κ3) is 2.89. The van der Waals surface area contributed by atoms with E-state index in [2.05, 4.69) is 9.88 Å². The van der Waals surface area contributed by atoms with E-state index >= 15 is 0 Å². The fourth-order valence-electron chi connectivity index (χ4n) is 3.76. The van der Waals surface area contributed by atoms with Crippen molar-refractivity contribution in [2.24, 2.45) is 0 Å². The molecule has 1 aromatic heterocycles. The third-order valence-electron chi connectivity index (χ3n) is 5.17. The van der Waals surface area contributed by atoms with Crippen LogP contribution in [0.3, 0.4) is 0 Å². The van der Waals surface area contributed by atoms with Gasteiger partial charge in [-0.05, 0) is 30.3 Å². The molecule has 29 heavy (non-hydrogen) atoms. The summed E-state index contributed by atoms with van der Waals surface area (Å²) in [4.78, 5) is 17.6. The SMILES string of the molecule is COc1ccc(OC)c(-c2nc3n(c2/C=C2/C(=O)Nc4ccccc42)CCS3)c1. The maximum absolute atomic E-state index is 12.7. The number of methoxy groups -OCH3 is 2. The number of benzene rings is 2. The molecule has 1 N–H and O–H groups in total. The summed E-state index contributed by atoms with van der Waals surface area (Å²) in [5, 5.41) is 3.89. The lowest BCUT2D eigenvalue weighted by Gasteiger charge is -2.11. The second-order valence-electron chi connectivity index (χ2n) is 6.75. The predicted molar refractivity (Wildman–Crippen MR) is 114 cm³/mol. The number of thioether (sulfide) groups is 1. The summed E-state index contributed by atoms with van der Waals surface area (Å²) in [5.74, 6) is 2.31. The van der Waals surface area contributed by atoms with Crippen LogP contribution < -0.4 is 14.8 Å². The van der Waals surface area contributed by atoms with Crippen LogP contribution in [0.15, 0.2) is 47.6 Å². The quantitative estimate of drug-likeness (QED) is 0.660. The number of carbonyl (C=O) groups excluding carboxylic acids is 1. The molecular formula is C22H19N3O3S. The van der Waals surface area contributed by atoms with Gasteiger partial charge in [-0.2, -0.15) is 0 Å². The summed E-state index contributed by atoms with van der Waals surface area (Å²) in [5.41, 5.74) is 4.91. The van der Waals surface area contributed by atoms with Crippen molar-refractivity contribution in [1.82, 2.24) is 9.55 Å². The molecular weight excluding hydrogens is 386 g/mol. The molecule has 1 amide bonds. The Morgan fingerprint density at radius 3 is 2.83 bits per heavy atom. The minimum Gasteiger partial charge on any atom is -0.497 e. The van der Waals surface area contributed by atoms with Gasteiger partial charge >= 0.3 is 0 Å². The van der Waals surface area contributed by atoms with Gasteiger partial charge in [0, 0.05) is 29.1 Å². The molecule has 5 rings (SSSR count). The molecule has 146 valence electrons. The molecule has 0 fully saturated rings. The van der Waals surface area contributed by atoms with E-state index in [-0.39, 0.29) is 5.91 Å². The molecule has 0 unspecified atom stereocenters. The molecule has 0 bridgehead atoms. The number of carbonyl (C=O) groups is 1. The Morgan fingerprint density at radius 1 is 1.14 bits per heavy atom. The van der Waals surface area contributed by atoms with E-state index in [9.17, 15) is 4.79 Å². The van der Waals surface area contributed by atoms with Crippen LogP contribution in [0, 0.1) is 0 Å². The fourth-order valence-corrected chi connectivity index (χ4v) is 4.72. The summed E-state index contributed by atoms with van der Waals surface area (Å²) in [7, 11) is 3.28. The van der Waals surface area contributed by atoms with Crippen molar-refractivity contribution in [3.63, 3.8) is 0 Å². The second-order valence-corrected chi connectivity index (χ2v) is 7.81. The van der Waals surface area contributed by atoms with Gasteiger partial charge in [0.1, 0.15) is 17.2 Å². The van der Waals surface area contributed by atoms with Gasteiger partial charge in [-0.15, -0.1) is 0 Å². The van der Waals surface area contributed by atoms with Gasteiger partial charge in [0.2, 0.25) is 0 Å². The molecule has 0 atom stereocenters. The van der Waals surface area contributed by atoms with E-state index in [0.717, 1.165) is 51.4 Å². The summed E-state index contributed by atoms with van der Waals surface area (Å²) in [6.45, 7) is 0.849. The number of para-hydroxylation sites is 1. The number of nitrogens with zero attached hydrogens (tertiary/aromatic N) is 2. The summed E-state index contributed by atoms with van der Waals surface area (Å²) < 4.78 is 13.2. The molecule has 0 aliphatic carbocycles. The largest absolute Gasteiger partial charge is 0.497 e. The lowest BCUT2D eigenvalue weighted by Crippen LogP contribution is -2.05. The highest BCUT2D eigenvalue weighted by atomic mass is 32.2. The van der Waals surface area contributed by atoms with Crippen molar-refractivity contribution in [1.29, 1.82) is 0 Å². The van der Waals surface area contributed by atoms with Gasteiger partial charge in [0.25, 0.3) is 5.91 Å². The minimum absolute atomic E-state index is 0.101. The van der Waals surface area contributed by atoms with Crippen LogP contribution in [-0.2, 0) is 11.3 Å². The van der Waals surface area contributed by atoms with Crippen molar-refractivity contribution >= 4 is 35.0 Å². The van der Waals surface area contributed by atoms with Crippen molar-refractivity contribution in [2.75, 3.05) is 25.3 Å². The average Bonchev–Trinajstić information content (AvgIpc) is 3.42. The molecule has 3 heterocycles. The number of amides is 1. The standard InChI is InChI=1S/C22H19N3O3S/c1-27-13-7-8-19(28-2)16(11-13)20-18(25-9-10-29-22(25)24-20)12-15-14-5-3-4-6-17(14)23-21(15)26/h3-8,11-12H,9-10H2,1-2H3,(H,23,26)/b15-12+. The summed E-state index contributed by atoms with van der Waals surface area (Å²) in [6, 6.07) is 13.4. The van der Waals surface area contributed by atoms with E-state index < -0.39 is 0 Å². The average molecular weight is 405 g/mol. The lowest BCUT2D eigenvalue weighted by molar-refractivity contribution is -0.110. The van der Waals surface area contributed by atoms with Crippen molar-refractivity contribution in [3.8, 4) is 22.8 Å². The normalized spacial score (nSPS) is 15.9. The number of anilines is 1. The highest BCUT2D eigenvalue weighted by Gasteiger charge is 2.28. The number of nitrogens with one attached hydrogen (secondary N) is 1. The topological polar surface area (TPSA) is 65.4 Å². The first-order valence-corrected chi connectivity index (χ1v) is 10.3. The zero-order valence-electron chi connectivity index (χ0n) is 16.1. The first-order chi connectivity index (χ1) is 14.2. The fraction of sp³-hybridized carbons (Fsp3) is 0.182. The van der Waals surface area contributed by atoms with E-state index in [1.165, 1.54) is 0 Å². The highest BCUT2D eigenvalue weighted by molar-refractivity contribution is 7.99. The number of ether oxygens (including phenoxy) is 2. The molecule has 7 heteroatoms. The van der Waals surface area contributed by atoms with Crippen molar-refractivity contribution in [2.45, 2.75) is 11.7 Å². The Labute approximate surface area is 172 Å². The van der Waals surface area contributed by atoms with Crippen molar-refractivity contribution in [3.05, 3.63) is 53.7 Å². The number of rotatable bonds is 4. The number of imidazole rings is 1. The van der Waals surface area contributed by atoms with Crippen LogP contribution in [0.2, 0.25) is 0 Å². The molecule has 3 aromatic rings. The summed E-state index contributed by atoms with van der Waals surface area (Å²) >= 11 is 1.72. The van der Waals surface area contributed by atoms with Gasteiger partial charge in [0.15, 0.2) is 5.16 Å². The second kappa shape index (κ2) is 7.00. The number of fused-ring (bicyclic) bond motifs is 2. The van der Waals surface area contributed by atoms with E-state index in [4.69, 9.17) is 14.5 Å². The molecule has 6 nitrogen and oxygen atoms in total. The predicted octanol–water partition coefficient (Wildman–Crippen LogP) is 4.17. The Balaban J connectivity index is 1.73. The van der Waals surface area contributed by atoms with E-state index in [0.29, 0.717) is 11.3 Å². The van der Waals surface area contributed by atoms with Crippen molar-refractivity contribution < 1.29 is 14.3 Å². The molecule has 2 aliphatic rings. The molecule has 2 aliphatic heterocycles. The molecule has 0 radical (unpaired) electrons. The van der Waals surface area contributed by atoms with Crippen LogP contribution in [0.4, 0.5) is 5.69 Å². The number of hydrogen-bond acceptors (Lipinski definition) is 5. The van der Waals surface area contributed by atoms with Gasteiger partial charge in [-0.3, -0.25) is 4.79 Å². The monoisotopic (exact) mass is 405 g/mol. The Bertz CT molecular complexity index is 1170. The van der Waals surface area contributed by atoms with Crippen LogP contribution in [0.5, 0.6) is 11.5 Å². The minimum atomic E-state index is -0.101. The van der Waals surface area contributed by atoms with Gasteiger partial charge in [-0.1, -0.05) is 30.0 Å². The summed E-state index contributed by atoms with van der Waals surface area (Å²) in [6.07, 6.45) is 1.94. The zero-order chi connectivity index (χ0) is 20.0. The van der Waals surface area contributed by atoms with Crippen LogP contribution in [0.25, 0.3) is 22.9 Å². The van der Waals surface area contributed by atoms with E-state index in [1.54, 1.807) is 26.0 Å². The van der Waals surface area contributed by atoms with Gasteiger partial charge < -0.3 is 19.4 Å². The Morgan fingerprint density at radius 2 is 2.00 bits per heavy atom. The maximum Gasteiger partial charge on any atom is 0.256 e. The van der Waals surface area contributed by atoms with Crippen LogP contribution in [-0.4, -0.2) is 35.4 Å². The molecule has 0 saturated carbocycles. The molecule has 0 spiro atoms. The van der Waals surface area contributed by atoms with Gasteiger partial charge in [-0.25, -0.2) is 4.98 Å². The van der Waals surface area contributed by atoms with E-state index in [1.807, 2.05) is 48.5 Å².